The van der Waals surface area contributed by atoms with E-state index in [-0.39, 0.29) is 11.3 Å². The molecule has 5 aromatic rings. The molecule has 6 rings (SSSR count). The predicted molar refractivity (Wildman–Crippen MR) is 135 cm³/mol. The second-order valence-electron chi connectivity index (χ2n) is 8.16. The van der Waals surface area contributed by atoms with E-state index in [1.807, 2.05) is 43.3 Å². The summed E-state index contributed by atoms with van der Waals surface area (Å²) in [6.07, 6.45) is 3.15. The summed E-state index contributed by atoms with van der Waals surface area (Å²) in [5, 5.41) is 12.1. The molecule has 0 radical (unpaired) electrons. The van der Waals surface area contributed by atoms with Crippen molar-refractivity contribution < 1.29 is 23.8 Å². The number of carbonyl (C=O) groups is 2. The minimum absolute atomic E-state index is 0.0390. The Morgan fingerprint density at radius 2 is 1.94 bits per heavy atom. The van der Waals surface area contributed by atoms with Crippen molar-refractivity contribution >= 4 is 49.3 Å². The maximum absolute atomic E-state index is 13.7. The quantitative estimate of drug-likeness (QED) is 0.304. The maximum Gasteiger partial charge on any atom is 0.296 e. The number of pyridine rings is 1. The van der Waals surface area contributed by atoms with Crippen LogP contribution in [0.2, 0.25) is 0 Å². The maximum atomic E-state index is 13.7. The number of carbonyl (C=O) groups excluding carboxylic acids is 2. The Morgan fingerprint density at radius 3 is 2.72 bits per heavy atom. The van der Waals surface area contributed by atoms with Crippen LogP contribution in [0.1, 0.15) is 29.1 Å². The van der Waals surface area contributed by atoms with Crippen LogP contribution in [0.25, 0.3) is 21.2 Å². The molecule has 0 fully saturated rings. The van der Waals surface area contributed by atoms with Crippen molar-refractivity contribution in [3.63, 3.8) is 0 Å². The highest BCUT2D eigenvalue weighted by Crippen LogP contribution is 2.44. The molecule has 4 heterocycles. The van der Waals surface area contributed by atoms with E-state index >= 15 is 0 Å². The van der Waals surface area contributed by atoms with Crippen LogP contribution in [0.15, 0.2) is 88.8 Å². The molecule has 1 amide bonds. The summed E-state index contributed by atoms with van der Waals surface area (Å²) >= 11 is 1.28. The standard InChI is InChI=1S/C27H19N3O5S/c1-2-34-17-7-8-18-21(14-17)36-27(29-18)30-23(15-9-11-28-12-10-15)22(25(32)26(30)33)24(31)20-13-16-5-3-4-6-19(16)35-20/h3-14,23,32H,2H2,1H3. The van der Waals surface area contributed by atoms with Gasteiger partial charge in [0.15, 0.2) is 16.7 Å². The topological polar surface area (TPSA) is 106 Å². The summed E-state index contributed by atoms with van der Waals surface area (Å²) in [5.74, 6) is -1.17. The van der Waals surface area contributed by atoms with Crippen molar-refractivity contribution in [3.05, 3.63) is 95.7 Å². The van der Waals surface area contributed by atoms with Gasteiger partial charge in [-0.05, 0) is 55.0 Å². The molecule has 3 aromatic heterocycles. The summed E-state index contributed by atoms with van der Waals surface area (Å²) < 4.78 is 12.2. The zero-order valence-corrected chi connectivity index (χ0v) is 19.9. The van der Waals surface area contributed by atoms with Gasteiger partial charge in [-0.3, -0.25) is 19.5 Å². The normalized spacial score (nSPS) is 15.9. The van der Waals surface area contributed by atoms with Crippen LogP contribution < -0.4 is 9.64 Å². The number of anilines is 1. The first-order chi connectivity index (χ1) is 17.5. The third-order valence-corrected chi connectivity index (χ3v) is 7.01. The summed E-state index contributed by atoms with van der Waals surface area (Å²) in [6.45, 7) is 2.43. The van der Waals surface area contributed by atoms with E-state index < -0.39 is 23.5 Å². The fourth-order valence-electron chi connectivity index (χ4n) is 4.37. The predicted octanol–water partition coefficient (Wildman–Crippen LogP) is 5.62. The molecule has 0 bridgehead atoms. The van der Waals surface area contributed by atoms with E-state index in [9.17, 15) is 14.7 Å². The number of nitrogens with zero attached hydrogens (tertiary/aromatic N) is 3. The van der Waals surface area contributed by atoms with Crippen LogP contribution in [0.3, 0.4) is 0 Å². The molecule has 0 spiro atoms. The molecule has 0 aliphatic carbocycles. The van der Waals surface area contributed by atoms with Gasteiger partial charge in [-0.2, -0.15) is 0 Å². The fourth-order valence-corrected chi connectivity index (χ4v) is 5.40. The number of para-hydroxylation sites is 1. The number of aliphatic hydroxyl groups excluding tert-OH is 1. The first-order valence-electron chi connectivity index (χ1n) is 11.3. The summed E-state index contributed by atoms with van der Waals surface area (Å²) in [5.41, 5.74) is 1.76. The summed E-state index contributed by atoms with van der Waals surface area (Å²) in [7, 11) is 0. The first-order valence-corrected chi connectivity index (χ1v) is 12.1. The highest BCUT2D eigenvalue weighted by atomic mass is 32.1. The number of rotatable bonds is 6. The average Bonchev–Trinajstić information content (AvgIpc) is 3.58. The van der Waals surface area contributed by atoms with Crippen molar-refractivity contribution in [1.82, 2.24) is 9.97 Å². The molecule has 1 atom stereocenters. The molecular weight excluding hydrogens is 478 g/mol. The largest absolute Gasteiger partial charge is 0.503 e. The number of amides is 1. The van der Waals surface area contributed by atoms with Crippen LogP contribution >= 0.6 is 11.3 Å². The molecular formula is C27H19N3O5S. The van der Waals surface area contributed by atoms with Gasteiger partial charge in [-0.25, -0.2) is 4.98 Å². The summed E-state index contributed by atoms with van der Waals surface area (Å²) in [4.78, 5) is 37.1. The van der Waals surface area contributed by atoms with Gasteiger partial charge in [0, 0.05) is 17.8 Å². The van der Waals surface area contributed by atoms with E-state index in [1.165, 1.54) is 16.2 Å². The third kappa shape index (κ3) is 3.52. The van der Waals surface area contributed by atoms with Gasteiger partial charge in [0.05, 0.1) is 28.4 Å². The minimum Gasteiger partial charge on any atom is -0.503 e. The van der Waals surface area contributed by atoms with Crippen molar-refractivity contribution in [2.45, 2.75) is 13.0 Å². The van der Waals surface area contributed by atoms with Crippen LogP contribution in [0.4, 0.5) is 5.13 Å². The number of ketones is 1. The van der Waals surface area contributed by atoms with Gasteiger partial charge in [0.1, 0.15) is 11.3 Å². The Kier molecular flexibility index (Phi) is 5.26. The molecule has 1 unspecified atom stereocenters. The van der Waals surface area contributed by atoms with Gasteiger partial charge in [-0.15, -0.1) is 0 Å². The second kappa shape index (κ2) is 8.62. The molecule has 1 N–H and O–H groups in total. The fraction of sp³-hybridized carbons (Fsp3) is 0.111. The zero-order valence-electron chi connectivity index (χ0n) is 19.0. The summed E-state index contributed by atoms with van der Waals surface area (Å²) in [6, 6.07) is 16.8. The average molecular weight is 498 g/mol. The Labute approximate surface area is 209 Å². The number of benzene rings is 2. The third-order valence-electron chi connectivity index (χ3n) is 5.99. The molecule has 0 saturated carbocycles. The number of thiazole rings is 1. The van der Waals surface area contributed by atoms with E-state index in [1.54, 1.807) is 36.7 Å². The number of ether oxygens (including phenoxy) is 1. The molecule has 8 nitrogen and oxygen atoms in total. The molecule has 1 aliphatic rings. The van der Waals surface area contributed by atoms with Crippen LogP contribution in [-0.4, -0.2) is 33.4 Å². The van der Waals surface area contributed by atoms with Gasteiger partial charge in [-0.1, -0.05) is 29.5 Å². The number of fused-ring (bicyclic) bond motifs is 2. The minimum atomic E-state index is -0.909. The molecule has 178 valence electrons. The second-order valence-corrected chi connectivity index (χ2v) is 9.17. The van der Waals surface area contributed by atoms with Gasteiger partial charge in [0.2, 0.25) is 5.78 Å². The molecule has 36 heavy (non-hydrogen) atoms. The van der Waals surface area contributed by atoms with Gasteiger partial charge in [0.25, 0.3) is 5.91 Å². The lowest BCUT2D eigenvalue weighted by molar-refractivity contribution is -0.117. The van der Waals surface area contributed by atoms with Crippen LogP contribution in [0.5, 0.6) is 5.75 Å². The van der Waals surface area contributed by atoms with Crippen molar-refractivity contribution in [2.75, 3.05) is 11.5 Å². The SMILES string of the molecule is CCOc1ccc2nc(N3C(=O)C(O)=C(C(=O)c4cc5ccccc5o4)C3c3ccncc3)sc2c1. The monoisotopic (exact) mass is 497 g/mol. The molecule has 9 heteroatoms. The van der Waals surface area contributed by atoms with Gasteiger partial charge >= 0.3 is 0 Å². The Morgan fingerprint density at radius 1 is 1.14 bits per heavy atom. The number of aliphatic hydroxyl groups is 1. The lowest BCUT2D eigenvalue weighted by Gasteiger charge is -2.24. The number of Topliss-reactive ketones (excluding diaryl/α,β-unsaturated/α-hetero) is 1. The number of hydrogen-bond donors (Lipinski definition) is 1. The Hall–Kier alpha value is -4.50. The van der Waals surface area contributed by atoms with E-state index in [4.69, 9.17) is 9.15 Å². The van der Waals surface area contributed by atoms with E-state index in [0.717, 1.165) is 10.1 Å². The highest BCUT2D eigenvalue weighted by Gasteiger charge is 2.46. The Balaban J connectivity index is 1.47. The molecule has 2 aromatic carbocycles. The van der Waals surface area contributed by atoms with Gasteiger partial charge < -0.3 is 14.3 Å². The van der Waals surface area contributed by atoms with E-state index in [2.05, 4.69) is 9.97 Å². The van der Waals surface area contributed by atoms with Crippen molar-refractivity contribution in [3.8, 4) is 5.75 Å². The number of aromatic nitrogens is 2. The lowest BCUT2D eigenvalue weighted by Crippen LogP contribution is -2.30. The zero-order chi connectivity index (χ0) is 24.8. The van der Waals surface area contributed by atoms with Crippen LogP contribution in [-0.2, 0) is 4.79 Å². The first kappa shape index (κ1) is 22.0. The van der Waals surface area contributed by atoms with Crippen molar-refractivity contribution in [2.24, 2.45) is 0 Å². The lowest BCUT2D eigenvalue weighted by atomic mass is 9.96. The molecule has 0 saturated heterocycles. The van der Waals surface area contributed by atoms with Crippen molar-refractivity contribution in [1.29, 1.82) is 0 Å². The number of hydrogen-bond acceptors (Lipinski definition) is 8. The van der Waals surface area contributed by atoms with Crippen LogP contribution in [0, 0.1) is 0 Å². The number of furan rings is 1. The van der Waals surface area contributed by atoms with E-state index in [0.29, 0.717) is 34.2 Å². The highest BCUT2D eigenvalue weighted by molar-refractivity contribution is 7.22. The molecule has 1 aliphatic heterocycles. The smallest absolute Gasteiger partial charge is 0.296 e. The Bertz CT molecular complexity index is 1640.